The van der Waals surface area contributed by atoms with E-state index in [1.54, 1.807) is 11.8 Å². The van der Waals surface area contributed by atoms with Gasteiger partial charge in [-0.05, 0) is 38.5 Å². The maximum absolute atomic E-state index is 11.9. The van der Waals surface area contributed by atoms with Gasteiger partial charge in [0.1, 0.15) is 0 Å². The molecule has 1 amide bonds. The van der Waals surface area contributed by atoms with Crippen LogP contribution in [0.1, 0.15) is 48.8 Å². The molecule has 1 aromatic heterocycles. The van der Waals surface area contributed by atoms with Gasteiger partial charge in [0, 0.05) is 17.9 Å². The minimum atomic E-state index is -0.227. The number of rotatable bonds is 7. The fourth-order valence-electron chi connectivity index (χ4n) is 2.95. The van der Waals surface area contributed by atoms with E-state index in [0.29, 0.717) is 6.42 Å². The lowest BCUT2D eigenvalue weighted by Crippen LogP contribution is -2.27. The number of aromatic nitrogens is 3. The summed E-state index contributed by atoms with van der Waals surface area (Å²) in [4.78, 5) is 11.9. The van der Waals surface area contributed by atoms with Gasteiger partial charge in [-0.3, -0.25) is 9.36 Å². The lowest BCUT2D eigenvalue weighted by atomic mass is 10.2. The normalized spacial score (nSPS) is 12.0. The molecule has 0 fully saturated rings. The number of hydrogen-bond acceptors (Lipinski definition) is 4. The summed E-state index contributed by atoms with van der Waals surface area (Å²) in [6, 6.07) is 16.5. The summed E-state index contributed by atoms with van der Waals surface area (Å²) in [5.41, 5.74) is 4.68. The molecule has 0 radical (unpaired) electrons. The number of amides is 1. The zero-order chi connectivity index (χ0) is 20.1. The van der Waals surface area contributed by atoms with E-state index in [2.05, 4.69) is 77.9 Å². The molecular formula is C22H26N4OS. The molecule has 28 heavy (non-hydrogen) atoms. The van der Waals surface area contributed by atoms with Gasteiger partial charge in [0.2, 0.25) is 5.91 Å². The van der Waals surface area contributed by atoms with Crippen LogP contribution in [0.2, 0.25) is 0 Å². The average Bonchev–Trinajstić information content (AvgIpc) is 3.11. The summed E-state index contributed by atoms with van der Waals surface area (Å²) in [5, 5.41) is 12.6. The Hall–Kier alpha value is -2.60. The highest BCUT2D eigenvalue weighted by atomic mass is 32.2. The molecule has 1 heterocycles. The van der Waals surface area contributed by atoms with E-state index in [4.69, 9.17) is 0 Å². The molecule has 0 spiro atoms. The number of carbonyl (C=O) groups excluding carboxylic acids is 1. The van der Waals surface area contributed by atoms with Crippen LogP contribution in [-0.2, 0) is 10.5 Å². The second-order valence-corrected chi connectivity index (χ2v) is 7.87. The number of carbonyl (C=O) groups is 1. The molecular weight excluding hydrogens is 368 g/mol. The van der Waals surface area contributed by atoms with Gasteiger partial charge in [-0.15, -0.1) is 10.2 Å². The van der Waals surface area contributed by atoms with Gasteiger partial charge in [-0.1, -0.05) is 66.2 Å². The SMILES string of the molecule is CCC(=O)N[C@H](C)c1nnc(SCc2cccc(C)c2)n1-c1ccc(C)cc1. The van der Waals surface area contributed by atoms with Crippen molar-refractivity contribution in [2.75, 3.05) is 0 Å². The molecule has 5 nitrogen and oxygen atoms in total. The second kappa shape index (κ2) is 9.06. The Morgan fingerprint density at radius 3 is 2.54 bits per heavy atom. The van der Waals surface area contributed by atoms with Gasteiger partial charge in [0.05, 0.1) is 6.04 Å². The van der Waals surface area contributed by atoms with Crippen molar-refractivity contribution in [1.82, 2.24) is 20.1 Å². The Kier molecular flexibility index (Phi) is 6.52. The Morgan fingerprint density at radius 1 is 1.11 bits per heavy atom. The van der Waals surface area contributed by atoms with Crippen molar-refractivity contribution in [2.45, 2.75) is 51.1 Å². The van der Waals surface area contributed by atoms with Gasteiger partial charge in [0.15, 0.2) is 11.0 Å². The Labute approximate surface area is 170 Å². The highest BCUT2D eigenvalue weighted by Gasteiger charge is 2.20. The molecule has 0 aliphatic heterocycles. The van der Waals surface area contributed by atoms with Crippen LogP contribution in [-0.4, -0.2) is 20.7 Å². The first-order valence-corrected chi connectivity index (χ1v) is 10.5. The number of nitrogens with zero attached hydrogens (tertiary/aromatic N) is 3. The van der Waals surface area contributed by atoms with Crippen LogP contribution in [0.15, 0.2) is 53.7 Å². The molecule has 0 saturated carbocycles. The smallest absolute Gasteiger partial charge is 0.220 e. The average molecular weight is 395 g/mol. The van der Waals surface area contributed by atoms with Crippen molar-refractivity contribution in [3.8, 4) is 5.69 Å². The van der Waals surface area contributed by atoms with Crippen LogP contribution < -0.4 is 5.32 Å². The fourth-order valence-corrected chi connectivity index (χ4v) is 3.85. The van der Waals surface area contributed by atoms with Crippen molar-refractivity contribution < 1.29 is 4.79 Å². The largest absolute Gasteiger partial charge is 0.346 e. The third-order valence-electron chi connectivity index (χ3n) is 4.49. The van der Waals surface area contributed by atoms with Crippen molar-refractivity contribution in [3.63, 3.8) is 0 Å². The van der Waals surface area contributed by atoms with Gasteiger partial charge >= 0.3 is 0 Å². The molecule has 2 aromatic carbocycles. The van der Waals surface area contributed by atoms with Crippen LogP contribution in [0.4, 0.5) is 0 Å². The molecule has 0 bridgehead atoms. The molecule has 1 atom stereocenters. The summed E-state index contributed by atoms with van der Waals surface area (Å²) in [6.07, 6.45) is 0.442. The first-order chi connectivity index (χ1) is 13.5. The molecule has 1 N–H and O–H groups in total. The van der Waals surface area contributed by atoms with Crippen LogP contribution in [0.3, 0.4) is 0 Å². The lowest BCUT2D eigenvalue weighted by molar-refractivity contribution is -0.121. The summed E-state index contributed by atoms with van der Waals surface area (Å²) in [6.45, 7) is 7.95. The molecule has 6 heteroatoms. The molecule has 3 rings (SSSR count). The number of benzene rings is 2. The zero-order valence-corrected chi connectivity index (χ0v) is 17.6. The number of aryl methyl sites for hydroxylation is 2. The Balaban J connectivity index is 1.92. The van der Waals surface area contributed by atoms with Crippen LogP contribution in [0.5, 0.6) is 0 Å². The fraction of sp³-hybridized carbons (Fsp3) is 0.318. The molecule has 0 unspecified atom stereocenters. The molecule has 0 saturated heterocycles. The van der Waals surface area contributed by atoms with Crippen molar-refractivity contribution in [2.24, 2.45) is 0 Å². The summed E-state index contributed by atoms with van der Waals surface area (Å²) in [7, 11) is 0. The van der Waals surface area contributed by atoms with E-state index in [0.717, 1.165) is 22.4 Å². The topological polar surface area (TPSA) is 59.8 Å². The Bertz CT molecular complexity index is 949. The Morgan fingerprint density at radius 2 is 1.86 bits per heavy atom. The van der Waals surface area contributed by atoms with Crippen LogP contribution in [0, 0.1) is 13.8 Å². The van der Waals surface area contributed by atoms with E-state index in [1.165, 1.54) is 16.7 Å². The molecule has 0 aliphatic carbocycles. The van der Waals surface area contributed by atoms with E-state index in [9.17, 15) is 4.79 Å². The number of hydrogen-bond donors (Lipinski definition) is 1. The van der Waals surface area contributed by atoms with Crippen molar-refractivity contribution in [1.29, 1.82) is 0 Å². The third-order valence-corrected chi connectivity index (χ3v) is 5.49. The first-order valence-electron chi connectivity index (χ1n) is 9.48. The second-order valence-electron chi connectivity index (χ2n) is 6.93. The van der Waals surface area contributed by atoms with Crippen LogP contribution in [0.25, 0.3) is 5.69 Å². The lowest BCUT2D eigenvalue weighted by Gasteiger charge is -2.16. The standard InChI is InChI=1S/C22H26N4OS/c1-5-20(27)23-17(4)21-24-25-22(26(21)19-11-9-15(2)10-12-19)28-14-18-8-6-7-16(3)13-18/h6-13,17H,5,14H2,1-4H3,(H,23,27)/t17-/m1/s1. The first kappa shape index (κ1) is 20.1. The highest BCUT2D eigenvalue weighted by Crippen LogP contribution is 2.28. The maximum atomic E-state index is 11.9. The van der Waals surface area contributed by atoms with Gasteiger partial charge in [0.25, 0.3) is 0 Å². The number of thioether (sulfide) groups is 1. The van der Waals surface area contributed by atoms with Gasteiger partial charge in [-0.2, -0.15) is 0 Å². The van der Waals surface area contributed by atoms with Gasteiger partial charge < -0.3 is 5.32 Å². The minimum Gasteiger partial charge on any atom is -0.346 e. The zero-order valence-electron chi connectivity index (χ0n) is 16.8. The highest BCUT2D eigenvalue weighted by molar-refractivity contribution is 7.98. The minimum absolute atomic E-state index is 0.0000741. The maximum Gasteiger partial charge on any atom is 0.220 e. The molecule has 3 aromatic rings. The van der Waals surface area contributed by atoms with E-state index < -0.39 is 0 Å². The van der Waals surface area contributed by atoms with Crippen molar-refractivity contribution >= 4 is 17.7 Å². The molecule has 146 valence electrons. The number of nitrogens with one attached hydrogen (secondary N) is 1. The quantitative estimate of drug-likeness (QED) is 0.587. The third kappa shape index (κ3) is 4.81. The predicted octanol–water partition coefficient (Wildman–Crippen LogP) is 4.76. The molecule has 0 aliphatic rings. The van der Waals surface area contributed by atoms with E-state index in [-0.39, 0.29) is 11.9 Å². The van der Waals surface area contributed by atoms with E-state index in [1.807, 2.05) is 18.4 Å². The monoisotopic (exact) mass is 394 g/mol. The van der Waals surface area contributed by atoms with Crippen LogP contribution >= 0.6 is 11.8 Å². The summed E-state index contributed by atoms with van der Waals surface area (Å²) >= 11 is 1.65. The van der Waals surface area contributed by atoms with Crippen molar-refractivity contribution in [3.05, 3.63) is 71.0 Å². The summed E-state index contributed by atoms with van der Waals surface area (Å²) in [5.74, 6) is 1.54. The van der Waals surface area contributed by atoms with E-state index >= 15 is 0 Å². The van der Waals surface area contributed by atoms with Gasteiger partial charge in [-0.25, -0.2) is 0 Å². The predicted molar refractivity (Wildman–Crippen MR) is 114 cm³/mol. The summed E-state index contributed by atoms with van der Waals surface area (Å²) < 4.78 is 2.04.